The Morgan fingerprint density at radius 2 is 2.00 bits per heavy atom. The summed E-state index contributed by atoms with van der Waals surface area (Å²) in [6.45, 7) is 5.71. The van der Waals surface area contributed by atoms with E-state index in [0.717, 1.165) is 38.6 Å². The van der Waals surface area contributed by atoms with Crippen molar-refractivity contribution in [1.29, 1.82) is 0 Å². The van der Waals surface area contributed by atoms with E-state index in [0.29, 0.717) is 6.10 Å². The zero-order chi connectivity index (χ0) is 15.2. The van der Waals surface area contributed by atoms with Gasteiger partial charge in [-0.25, -0.2) is 0 Å². The predicted molar refractivity (Wildman–Crippen MR) is 94.4 cm³/mol. The number of guanidine groups is 1. The summed E-state index contributed by atoms with van der Waals surface area (Å²) in [5, 5.41) is 6.70. The topological polar surface area (TPSA) is 45.7 Å². The van der Waals surface area contributed by atoms with Crippen molar-refractivity contribution in [3.63, 3.8) is 0 Å². The van der Waals surface area contributed by atoms with Gasteiger partial charge in [-0.05, 0) is 51.0 Å². The first-order chi connectivity index (χ1) is 10.4. The molecule has 21 heavy (non-hydrogen) atoms. The Morgan fingerprint density at radius 3 is 2.71 bits per heavy atom. The third-order valence-corrected chi connectivity index (χ3v) is 4.34. The zero-order valence-corrected chi connectivity index (χ0v) is 14.6. The second-order valence-corrected chi connectivity index (χ2v) is 6.50. The smallest absolute Gasteiger partial charge is 0.191 e. The summed E-state index contributed by atoms with van der Waals surface area (Å²) in [5.74, 6) is 2.19. The largest absolute Gasteiger partial charge is 0.378 e. The third kappa shape index (κ3) is 10.0. The van der Waals surface area contributed by atoms with E-state index in [1.807, 2.05) is 11.8 Å². The molecule has 0 aromatic rings. The first kappa shape index (κ1) is 18.6. The van der Waals surface area contributed by atoms with Gasteiger partial charge in [0.2, 0.25) is 0 Å². The number of nitrogens with zero attached hydrogens (tertiary/aromatic N) is 1. The fourth-order valence-corrected chi connectivity index (χ4v) is 2.97. The van der Waals surface area contributed by atoms with Gasteiger partial charge < -0.3 is 15.4 Å². The number of rotatable bonds is 11. The van der Waals surface area contributed by atoms with E-state index in [4.69, 9.17) is 4.74 Å². The van der Waals surface area contributed by atoms with Gasteiger partial charge in [0.25, 0.3) is 0 Å². The van der Waals surface area contributed by atoms with Crippen LogP contribution in [-0.4, -0.2) is 50.3 Å². The maximum Gasteiger partial charge on any atom is 0.191 e. The molecule has 0 unspecified atom stereocenters. The van der Waals surface area contributed by atoms with Gasteiger partial charge in [0.05, 0.1) is 6.10 Å². The quantitative estimate of drug-likeness (QED) is 0.349. The van der Waals surface area contributed by atoms with E-state index < -0.39 is 0 Å². The highest BCUT2D eigenvalue weighted by Gasteiger charge is 2.14. The van der Waals surface area contributed by atoms with Crippen LogP contribution in [0, 0.1) is 0 Å². The minimum absolute atomic E-state index is 0.525. The summed E-state index contributed by atoms with van der Waals surface area (Å²) in [7, 11) is 0. The van der Waals surface area contributed by atoms with Crippen LogP contribution in [0.4, 0.5) is 0 Å². The number of ether oxygens (including phenoxy) is 1. The first-order valence-corrected chi connectivity index (χ1v) is 9.89. The summed E-state index contributed by atoms with van der Waals surface area (Å²) in [4.78, 5) is 4.60. The molecule has 0 atom stereocenters. The maximum absolute atomic E-state index is 5.86. The molecule has 0 aromatic carbocycles. The lowest BCUT2D eigenvalue weighted by molar-refractivity contribution is 0.0579. The Morgan fingerprint density at radius 1 is 1.19 bits per heavy atom. The Bertz CT molecular complexity index is 268. The summed E-state index contributed by atoms with van der Waals surface area (Å²) in [6, 6.07) is 0. The normalized spacial score (nSPS) is 16.4. The molecule has 124 valence electrons. The van der Waals surface area contributed by atoms with Crippen molar-refractivity contribution in [3.8, 4) is 0 Å². The van der Waals surface area contributed by atoms with Gasteiger partial charge in [-0.3, -0.25) is 4.99 Å². The van der Waals surface area contributed by atoms with Gasteiger partial charge in [0, 0.05) is 26.2 Å². The van der Waals surface area contributed by atoms with Crippen LogP contribution >= 0.6 is 11.8 Å². The van der Waals surface area contributed by atoms with Gasteiger partial charge in [0.1, 0.15) is 0 Å². The number of thioether (sulfide) groups is 1. The summed E-state index contributed by atoms with van der Waals surface area (Å²) >= 11 is 1.91. The van der Waals surface area contributed by atoms with Crippen molar-refractivity contribution in [1.82, 2.24) is 10.6 Å². The molecule has 0 saturated heterocycles. The summed E-state index contributed by atoms with van der Waals surface area (Å²) < 4.78 is 5.86. The van der Waals surface area contributed by atoms with Crippen LogP contribution in [0.2, 0.25) is 0 Å². The van der Waals surface area contributed by atoms with Crippen molar-refractivity contribution in [2.24, 2.45) is 4.99 Å². The average molecular weight is 316 g/mol. The molecule has 0 bridgehead atoms. The molecule has 1 aliphatic rings. The number of nitrogens with one attached hydrogen (secondary N) is 2. The summed E-state index contributed by atoms with van der Waals surface area (Å²) in [6.07, 6.45) is 11.4. The van der Waals surface area contributed by atoms with Gasteiger partial charge in [-0.2, -0.15) is 11.8 Å². The number of unbranched alkanes of at least 4 members (excludes halogenated alkanes) is 1. The highest BCUT2D eigenvalue weighted by molar-refractivity contribution is 7.98. The lowest BCUT2D eigenvalue weighted by Crippen LogP contribution is -2.38. The van der Waals surface area contributed by atoms with E-state index >= 15 is 0 Å². The van der Waals surface area contributed by atoms with Crippen LogP contribution < -0.4 is 10.6 Å². The Labute approximate surface area is 134 Å². The van der Waals surface area contributed by atoms with E-state index in [1.165, 1.54) is 44.3 Å². The van der Waals surface area contributed by atoms with E-state index in [9.17, 15) is 0 Å². The van der Waals surface area contributed by atoms with Crippen LogP contribution in [0.25, 0.3) is 0 Å². The van der Waals surface area contributed by atoms with Crippen LogP contribution in [0.15, 0.2) is 4.99 Å². The van der Waals surface area contributed by atoms with Gasteiger partial charge in [0.15, 0.2) is 5.96 Å². The predicted octanol–water partition coefficient (Wildman–Crippen LogP) is 3.03. The summed E-state index contributed by atoms with van der Waals surface area (Å²) in [5.41, 5.74) is 0. The number of aliphatic imine (C=N–C) groups is 1. The first-order valence-electron chi connectivity index (χ1n) is 8.49. The van der Waals surface area contributed by atoms with Gasteiger partial charge in [-0.15, -0.1) is 0 Å². The third-order valence-electron chi connectivity index (χ3n) is 3.64. The van der Waals surface area contributed by atoms with Crippen LogP contribution in [0.1, 0.15) is 51.9 Å². The van der Waals surface area contributed by atoms with Gasteiger partial charge in [-0.1, -0.05) is 12.8 Å². The zero-order valence-electron chi connectivity index (χ0n) is 13.8. The standard InChI is InChI=1S/C16H33N3OS/c1-3-17-16(18-11-6-7-14-21-2)19-12-8-13-20-15-9-4-5-10-15/h15H,3-14H2,1-2H3,(H2,17,18,19). The molecule has 1 saturated carbocycles. The van der Waals surface area contributed by atoms with Crippen LogP contribution in [-0.2, 0) is 4.74 Å². The minimum Gasteiger partial charge on any atom is -0.378 e. The van der Waals surface area contributed by atoms with Crippen molar-refractivity contribution >= 4 is 17.7 Å². The molecule has 1 rings (SSSR count). The molecule has 0 amide bonds. The molecule has 4 nitrogen and oxygen atoms in total. The monoisotopic (exact) mass is 315 g/mol. The van der Waals surface area contributed by atoms with E-state index in [1.54, 1.807) is 0 Å². The van der Waals surface area contributed by atoms with Crippen molar-refractivity contribution < 1.29 is 4.74 Å². The van der Waals surface area contributed by atoms with Crippen LogP contribution in [0.3, 0.4) is 0 Å². The number of hydrogen-bond donors (Lipinski definition) is 2. The molecular formula is C16H33N3OS. The van der Waals surface area contributed by atoms with Crippen molar-refractivity contribution in [2.45, 2.75) is 58.0 Å². The van der Waals surface area contributed by atoms with E-state index in [-0.39, 0.29) is 0 Å². The molecule has 0 aromatic heterocycles. The lowest BCUT2D eigenvalue weighted by Gasteiger charge is -2.12. The fraction of sp³-hybridized carbons (Fsp3) is 0.938. The van der Waals surface area contributed by atoms with Crippen molar-refractivity contribution in [3.05, 3.63) is 0 Å². The van der Waals surface area contributed by atoms with Crippen LogP contribution in [0.5, 0.6) is 0 Å². The Balaban J connectivity index is 2.06. The second kappa shape index (κ2) is 13.3. The average Bonchev–Trinajstić information content (AvgIpc) is 3.00. The molecule has 1 fully saturated rings. The Hall–Kier alpha value is -0.420. The highest BCUT2D eigenvalue weighted by atomic mass is 32.2. The number of hydrogen-bond acceptors (Lipinski definition) is 3. The maximum atomic E-state index is 5.86. The van der Waals surface area contributed by atoms with Crippen molar-refractivity contribution in [2.75, 3.05) is 38.2 Å². The molecule has 2 N–H and O–H groups in total. The van der Waals surface area contributed by atoms with E-state index in [2.05, 4.69) is 28.8 Å². The molecule has 0 spiro atoms. The second-order valence-electron chi connectivity index (χ2n) is 5.52. The molecule has 0 radical (unpaired) electrons. The molecule has 5 heteroatoms. The highest BCUT2D eigenvalue weighted by Crippen LogP contribution is 2.20. The minimum atomic E-state index is 0.525. The molecule has 1 aliphatic carbocycles. The Kier molecular flexibility index (Phi) is 11.8. The molecular weight excluding hydrogens is 282 g/mol. The SMILES string of the molecule is CCNC(=NCCCOC1CCCC1)NCCCCSC. The lowest BCUT2D eigenvalue weighted by atomic mass is 10.3. The molecule has 0 aliphatic heterocycles. The fourth-order valence-electron chi connectivity index (χ4n) is 2.48. The molecule has 0 heterocycles. The van der Waals surface area contributed by atoms with Gasteiger partial charge >= 0.3 is 0 Å².